The highest BCUT2D eigenvalue weighted by Gasteiger charge is 2.37. The summed E-state index contributed by atoms with van der Waals surface area (Å²) in [5.74, 6) is 2.89. The third-order valence-electron chi connectivity index (χ3n) is 26.2. The first-order valence-electron chi connectivity index (χ1n) is 43.7. The van der Waals surface area contributed by atoms with E-state index in [-0.39, 0.29) is 37.7 Å². The molecule has 17 aromatic carbocycles. The Kier molecular flexibility index (Phi) is 20.5. The van der Waals surface area contributed by atoms with Gasteiger partial charge < -0.3 is 57.6 Å². The van der Waals surface area contributed by atoms with E-state index in [1.165, 1.54) is 0 Å². The number of pyridine rings is 1. The Balaban J connectivity index is 0.991. The Morgan fingerprint density at radius 3 is 0.591 bits per heavy atom. The maximum Gasteiger partial charge on any atom is 0.140 e. The minimum atomic E-state index is -0.121. The summed E-state index contributed by atoms with van der Waals surface area (Å²) in [6.07, 6.45) is 1.82. The summed E-state index contributed by atoms with van der Waals surface area (Å²) < 4.78 is 32.5. The summed E-state index contributed by atoms with van der Waals surface area (Å²) in [7, 11) is 6.69. The molecule has 0 radical (unpaired) electrons. The van der Waals surface area contributed by atoms with Gasteiger partial charge in [0.2, 0.25) is 0 Å². The van der Waals surface area contributed by atoms with Gasteiger partial charge in [0.25, 0.3) is 0 Å². The number of nitrogens with zero attached hydrogens (tertiary/aromatic N) is 7. The molecule has 634 valence electrons. The quantitative estimate of drug-likeness (QED) is 0.0534. The van der Waals surface area contributed by atoms with Crippen LogP contribution in [0.1, 0.15) is 33.5 Å². The first kappa shape index (κ1) is 80.9. The number of ether oxygens (including phenoxy) is 4. The maximum atomic E-state index is 14.2. The van der Waals surface area contributed by atoms with Gasteiger partial charge in [-0.2, -0.15) is 10.5 Å². The van der Waals surface area contributed by atoms with Crippen LogP contribution in [0.2, 0.25) is 0 Å². The van der Waals surface area contributed by atoms with Gasteiger partial charge in [-0.1, -0.05) is 194 Å². The average molecular weight is 1710 g/mol. The lowest BCUT2D eigenvalue weighted by atomic mass is 9.93. The Morgan fingerprint density at radius 1 is 0.227 bits per heavy atom. The van der Waals surface area contributed by atoms with Crippen molar-refractivity contribution in [3.8, 4) is 158 Å². The summed E-state index contributed by atoms with van der Waals surface area (Å²) >= 11 is 0. The molecule has 132 heavy (non-hydrogen) atoms. The van der Waals surface area contributed by atoms with Gasteiger partial charge in [0, 0.05) is 60.4 Å². The number of hydrogen-bond acceptors (Lipinski definition) is 11. The van der Waals surface area contributed by atoms with E-state index in [0.717, 1.165) is 221 Å². The standard InChI is InChI=1S/C117H83N7O8/c1-129-92-39-22-78(23-40-92)86-32-49-107-98(59-86)99-60-87(79-24-41-93(130-2)42-25-79)33-50-108(99)122(107)115-104(64-119)114(121-105-47-30-82(74-13-5-70(66-125)6-14-74)55-96(105)97-56-83(31-48-106(97)121)75-15-7-71(67-126)8-16-75)116(123-109-51-34-84(76-17-9-72(68-127)10-18-76)57-100(109)101-58-85(35-52-110(101)123)77-19-11-73(69-128)12-20-77)113(90-21-38-91(63-118)120-65-90)117(115)124-111-53-36-88(80-26-43-94(131-3)44-27-80)61-102(111)103-62-89(37-54-112(103)124)81-28-45-95(132-4)46-29-81/h5-62,65,125-128H,66-69H2,1-4H3. The lowest BCUT2D eigenvalue weighted by Gasteiger charge is -2.29. The first-order valence-corrected chi connectivity index (χ1v) is 43.7. The van der Waals surface area contributed by atoms with Crippen LogP contribution >= 0.6 is 0 Å². The monoisotopic (exact) mass is 1710 g/mol. The van der Waals surface area contributed by atoms with Gasteiger partial charge in [-0.25, -0.2) is 4.98 Å². The van der Waals surface area contributed by atoms with Crippen LogP contribution in [-0.4, -0.2) is 72.1 Å². The molecule has 0 spiro atoms. The largest absolute Gasteiger partial charge is 0.497 e. The number of rotatable bonds is 21. The van der Waals surface area contributed by atoms with Crippen LogP contribution in [0, 0.1) is 22.7 Å². The molecular formula is C117H83N7O8. The minimum Gasteiger partial charge on any atom is -0.497 e. The number of methoxy groups -OCH3 is 4. The molecule has 0 aliphatic carbocycles. The zero-order valence-corrected chi connectivity index (χ0v) is 72.4. The Hall–Kier alpha value is -16.9. The number of aliphatic hydroxyl groups excluding tert-OH is 4. The van der Waals surface area contributed by atoms with Crippen molar-refractivity contribution in [1.82, 2.24) is 23.3 Å². The van der Waals surface area contributed by atoms with Crippen molar-refractivity contribution in [1.29, 1.82) is 10.5 Å². The van der Waals surface area contributed by atoms with Gasteiger partial charge >= 0.3 is 0 Å². The first-order chi connectivity index (χ1) is 64.9. The number of aliphatic hydroxyl groups is 4. The van der Waals surface area contributed by atoms with Gasteiger partial charge in [0.15, 0.2) is 0 Å². The molecule has 0 unspecified atom stereocenters. The third-order valence-corrected chi connectivity index (χ3v) is 26.2. The summed E-state index contributed by atoms with van der Waals surface area (Å²) in [5, 5.41) is 74.3. The van der Waals surface area contributed by atoms with E-state index in [4.69, 9.17) is 23.9 Å². The molecule has 22 aromatic rings. The average Bonchev–Trinajstić information content (AvgIpc) is 1.51. The highest BCUT2D eigenvalue weighted by atomic mass is 16.5. The maximum absolute atomic E-state index is 14.2. The van der Waals surface area contributed by atoms with Crippen LogP contribution in [0.3, 0.4) is 0 Å². The summed E-state index contributed by atoms with van der Waals surface area (Å²) in [4.78, 5) is 5.17. The molecule has 0 bridgehead atoms. The Labute approximate surface area is 760 Å². The lowest BCUT2D eigenvalue weighted by Crippen LogP contribution is -2.16. The third kappa shape index (κ3) is 13.8. The molecule has 0 aliphatic rings. The molecule has 0 atom stereocenters. The molecule has 4 N–H and O–H groups in total. The SMILES string of the molecule is COc1ccc(-c2ccc3c(c2)c2cc(-c4ccc(OC)cc4)ccc2n3-c2c(C#N)c(-n3c4ccc(-c5ccc(CO)cc5)cc4c4cc(-c5ccc(CO)cc5)ccc43)c(-n3c4ccc(-c5ccc(CO)cc5)cc4c4cc(-c5ccc(CO)cc5)ccc43)c(-c3ccc(C#N)nc3)c2-n2c3ccc(-c4ccc(OC)cc4)cc3c3cc(-c4ccc(OC)cc4)ccc32)cc1. The zero-order chi connectivity index (χ0) is 89.5. The second-order valence-corrected chi connectivity index (χ2v) is 33.3. The molecule has 0 fully saturated rings. The van der Waals surface area contributed by atoms with Gasteiger partial charge in [-0.3, -0.25) is 0 Å². The fourth-order valence-electron chi connectivity index (χ4n) is 19.4. The number of benzene rings is 17. The fraction of sp³-hybridized carbons (Fsp3) is 0.0684. The molecule has 5 aromatic heterocycles. The van der Waals surface area contributed by atoms with Crippen molar-refractivity contribution in [2.45, 2.75) is 26.4 Å². The number of hydrogen-bond donors (Lipinski definition) is 4. The van der Waals surface area contributed by atoms with Crippen LogP contribution in [0.25, 0.3) is 210 Å². The van der Waals surface area contributed by atoms with Gasteiger partial charge in [-0.05, 0) is 269 Å². The van der Waals surface area contributed by atoms with E-state index in [1.807, 2.05) is 158 Å². The Bertz CT molecular complexity index is 7560. The normalized spacial score (nSPS) is 11.6. The van der Waals surface area contributed by atoms with Crippen LogP contribution in [0.15, 0.2) is 358 Å². The smallest absolute Gasteiger partial charge is 0.140 e. The second-order valence-electron chi connectivity index (χ2n) is 33.3. The van der Waals surface area contributed by atoms with E-state index < -0.39 is 0 Å². The van der Waals surface area contributed by atoms with Crippen LogP contribution in [-0.2, 0) is 26.4 Å². The summed E-state index contributed by atoms with van der Waals surface area (Å²) in [5.41, 5.74) is 28.4. The van der Waals surface area contributed by atoms with E-state index in [9.17, 15) is 30.9 Å². The number of fused-ring (bicyclic) bond motifs is 12. The van der Waals surface area contributed by atoms with E-state index in [1.54, 1.807) is 34.5 Å². The van der Waals surface area contributed by atoms with E-state index in [0.29, 0.717) is 33.9 Å². The molecular weight excluding hydrogens is 1630 g/mol. The summed E-state index contributed by atoms with van der Waals surface area (Å²) in [6.45, 7) is -0.483. The molecule has 0 saturated carbocycles. The fourth-order valence-corrected chi connectivity index (χ4v) is 19.4. The van der Waals surface area contributed by atoms with Gasteiger partial charge in [-0.15, -0.1) is 0 Å². The molecule has 22 rings (SSSR count). The Morgan fingerprint density at radius 2 is 0.417 bits per heavy atom. The lowest BCUT2D eigenvalue weighted by molar-refractivity contribution is 0.281. The number of aromatic nitrogens is 5. The zero-order valence-electron chi connectivity index (χ0n) is 72.4. The van der Waals surface area contributed by atoms with Crippen molar-refractivity contribution in [3.05, 3.63) is 392 Å². The minimum absolute atomic E-state index is 0.121. The topological polar surface area (TPSA) is 198 Å². The molecule has 0 amide bonds. The molecule has 0 aliphatic heterocycles. The van der Waals surface area contributed by atoms with Crippen LogP contribution in [0.5, 0.6) is 23.0 Å². The van der Waals surface area contributed by atoms with Gasteiger partial charge in [0.1, 0.15) is 46.4 Å². The van der Waals surface area contributed by atoms with Crippen molar-refractivity contribution in [2.75, 3.05) is 28.4 Å². The molecule has 5 heterocycles. The molecule has 15 nitrogen and oxygen atoms in total. The van der Waals surface area contributed by atoms with E-state index >= 15 is 0 Å². The van der Waals surface area contributed by atoms with Crippen molar-refractivity contribution < 1.29 is 39.4 Å². The second kappa shape index (κ2) is 33.4. The van der Waals surface area contributed by atoms with Crippen molar-refractivity contribution in [3.63, 3.8) is 0 Å². The van der Waals surface area contributed by atoms with Crippen LogP contribution in [0.4, 0.5) is 0 Å². The van der Waals surface area contributed by atoms with Crippen molar-refractivity contribution in [2.24, 2.45) is 0 Å². The highest BCUT2D eigenvalue weighted by Crippen LogP contribution is 2.54. The predicted octanol–water partition coefficient (Wildman–Crippen LogP) is 26.2. The highest BCUT2D eigenvalue weighted by molar-refractivity contribution is 6.20. The molecule has 15 heteroatoms. The van der Waals surface area contributed by atoms with Gasteiger partial charge in [0.05, 0.1) is 122 Å². The number of nitriles is 2. The summed E-state index contributed by atoms with van der Waals surface area (Å²) in [6, 6.07) is 127. The van der Waals surface area contributed by atoms with Crippen LogP contribution < -0.4 is 18.9 Å². The van der Waals surface area contributed by atoms with Crippen molar-refractivity contribution >= 4 is 87.2 Å². The predicted molar refractivity (Wildman–Crippen MR) is 530 cm³/mol. The van der Waals surface area contributed by atoms with E-state index in [2.05, 4.69) is 225 Å². The molecule has 0 saturated heterocycles.